The first-order valence-corrected chi connectivity index (χ1v) is 7.10. The smallest absolute Gasteiger partial charge is 0.201 e. The van der Waals surface area contributed by atoms with Crippen molar-refractivity contribution in [3.8, 4) is 0 Å². The number of anilines is 1. The van der Waals surface area contributed by atoms with Crippen LogP contribution in [-0.4, -0.2) is 9.55 Å². The number of nitrogen functional groups attached to an aromatic ring is 1. The minimum atomic E-state index is -0.851. The lowest BCUT2D eigenvalue weighted by atomic mass is 9.79. The summed E-state index contributed by atoms with van der Waals surface area (Å²) in [5.41, 5.74) is 6.57. The molecule has 0 amide bonds. The maximum atomic E-state index is 14.1. The zero-order valence-electron chi connectivity index (χ0n) is 11.7. The van der Waals surface area contributed by atoms with E-state index in [0.29, 0.717) is 17.4 Å². The van der Waals surface area contributed by atoms with Gasteiger partial charge in [-0.3, -0.25) is 0 Å². The Hall–Kier alpha value is -1.65. The van der Waals surface area contributed by atoms with Crippen molar-refractivity contribution in [1.29, 1.82) is 0 Å². The van der Waals surface area contributed by atoms with Crippen molar-refractivity contribution < 1.29 is 8.78 Å². The zero-order valence-corrected chi connectivity index (χ0v) is 11.7. The van der Waals surface area contributed by atoms with Gasteiger partial charge in [0.25, 0.3) is 0 Å². The molecule has 0 aliphatic heterocycles. The molecular formula is C15H19F2N3. The molecule has 1 fully saturated rings. The Morgan fingerprint density at radius 3 is 2.65 bits per heavy atom. The molecule has 108 valence electrons. The molecule has 3 nitrogen and oxygen atoms in total. The first-order valence-electron chi connectivity index (χ1n) is 7.10. The third-order valence-electron chi connectivity index (χ3n) is 4.71. The predicted molar refractivity (Wildman–Crippen MR) is 75.3 cm³/mol. The molecule has 3 rings (SSSR count). The molecule has 1 aromatic heterocycles. The average molecular weight is 279 g/mol. The second kappa shape index (κ2) is 4.72. The number of benzene rings is 1. The van der Waals surface area contributed by atoms with Gasteiger partial charge in [-0.15, -0.1) is 0 Å². The Morgan fingerprint density at radius 1 is 1.20 bits per heavy atom. The lowest BCUT2D eigenvalue weighted by Crippen LogP contribution is -2.24. The summed E-state index contributed by atoms with van der Waals surface area (Å²) in [7, 11) is 0. The van der Waals surface area contributed by atoms with Crippen LogP contribution in [0.2, 0.25) is 0 Å². The Labute approximate surface area is 116 Å². The maximum Gasteiger partial charge on any atom is 0.201 e. The number of hydrogen-bond acceptors (Lipinski definition) is 2. The third-order valence-corrected chi connectivity index (χ3v) is 4.71. The quantitative estimate of drug-likeness (QED) is 0.860. The van der Waals surface area contributed by atoms with E-state index < -0.39 is 11.6 Å². The van der Waals surface area contributed by atoms with Crippen molar-refractivity contribution in [2.75, 3.05) is 5.73 Å². The Balaban J connectivity index is 2.11. The van der Waals surface area contributed by atoms with E-state index in [1.54, 1.807) is 4.57 Å². The van der Waals surface area contributed by atoms with Crippen LogP contribution in [0.25, 0.3) is 11.0 Å². The second-order valence-corrected chi connectivity index (χ2v) is 5.99. The van der Waals surface area contributed by atoms with E-state index in [1.807, 2.05) is 0 Å². The highest BCUT2D eigenvalue weighted by Crippen LogP contribution is 2.39. The molecule has 0 bridgehead atoms. The first-order chi connectivity index (χ1) is 9.49. The molecule has 1 heterocycles. The molecule has 20 heavy (non-hydrogen) atoms. The molecule has 5 heteroatoms. The van der Waals surface area contributed by atoms with Gasteiger partial charge in [0.1, 0.15) is 5.52 Å². The highest BCUT2D eigenvalue weighted by molar-refractivity contribution is 5.79. The summed E-state index contributed by atoms with van der Waals surface area (Å²) in [6, 6.07) is 2.68. The van der Waals surface area contributed by atoms with Crippen molar-refractivity contribution >= 4 is 17.0 Å². The molecule has 2 N–H and O–H groups in total. The van der Waals surface area contributed by atoms with Crippen molar-refractivity contribution in [3.05, 3.63) is 23.8 Å². The number of fused-ring (bicyclic) bond motifs is 1. The van der Waals surface area contributed by atoms with Crippen LogP contribution >= 0.6 is 0 Å². The minimum absolute atomic E-state index is 0.0995. The summed E-state index contributed by atoms with van der Waals surface area (Å²) in [5, 5.41) is 0. The minimum Gasteiger partial charge on any atom is -0.369 e. The Morgan fingerprint density at radius 2 is 1.95 bits per heavy atom. The van der Waals surface area contributed by atoms with Gasteiger partial charge in [0.15, 0.2) is 11.6 Å². The maximum absolute atomic E-state index is 14.1. The van der Waals surface area contributed by atoms with Gasteiger partial charge >= 0.3 is 0 Å². The van der Waals surface area contributed by atoms with Gasteiger partial charge in [-0.05, 0) is 43.2 Å². The molecule has 1 aliphatic carbocycles. The van der Waals surface area contributed by atoms with E-state index in [2.05, 4.69) is 18.8 Å². The van der Waals surface area contributed by atoms with Gasteiger partial charge in [-0.25, -0.2) is 13.8 Å². The number of hydrogen-bond donors (Lipinski definition) is 1. The van der Waals surface area contributed by atoms with Gasteiger partial charge in [0, 0.05) is 6.04 Å². The first kappa shape index (κ1) is 13.3. The van der Waals surface area contributed by atoms with Gasteiger partial charge in [-0.2, -0.15) is 0 Å². The van der Waals surface area contributed by atoms with Crippen LogP contribution in [-0.2, 0) is 0 Å². The summed E-state index contributed by atoms with van der Waals surface area (Å²) in [4.78, 5) is 4.17. The summed E-state index contributed by atoms with van der Waals surface area (Å²) < 4.78 is 29.3. The highest BCUT2D eigenvalue weighted by Gasteiger charge is 2.29. The number of nitrogens with zero attached hydrogens (tertiary/aromatic N) is 2. The molecule has 1 saturated carbocycles. The zero-order chi connectivity index (χ0) is 14.4. The van der Waals surface area contributed by atoms with E-state index in [0.717, 1.165) is 25.3 Å². The third kappa shape index (κ3) is 1.96. The van der Waals surface area contributed by atoms with E-state index in [4.69, 9.17) is 5.73 Å². The molecule has 0 spiro atoms. The number of aromatic nitrogens is 2. The van der Waals surface area contributed by atoms with Crippen molar-refractivity contribution in [2.24, 2.45) is 11.8 Å². The van der Waals surface area contributed by atoms with Crippen LogP contribution in [0, 0.1) is 23.5 Å². The summed E-state index contributed by atoms with van der Waals surface area (Å²) in [6.45, 7) is 4.43. The lowest BCUT2D eigenvalue weighted by Gasteiger charge is -2.33. The molecule has 0 saturated heterocycles. The van der Waals surface area contributed by atoms with Crippen LogP contribution in [0.4, 0.5) is 14.7 Å². The van der Waals surface area contributed by atoms with Gasteiger partial charge in [0.05, 0.1) is 5.52 Å². The van der Waals surface area contributed by atoms with E-state index in [-0.39, 0.29) is 17.5 Å². The Kier molecular flexibility index (Phi) is 3.15. The monoisotopic (exact) mass is 279 g/mol. The van der Waals surface area contributed by atoms with E-state index >= 15 is 0 Å². The van der Waals surface area contributed by atoms with Gasteiger partial charge in [-0.1, -0.05) is 13.8 Å². The number of nitrogens with two attached hydrogens (primary N) is 1. The van der Waals surface area contributed by atoms with Gasteiger partial charge in [0.2, 0.25) is 5.95 Å². The van der Waals surface area contributed by atoms with Crippen molar-refractivity contribution in [1.82, 2.24) is 9.55 Å². The summed E-state index contributed by atoms with van der Waals surface area (Å²) >= 11 is 0. The molecule has 3 unspecified atom stereocenters. The number of imidazole rings is 1. The molecule has 2 aromatic rings. The summed E-state index contributed by atoms with van der Waals surface area (Å²) in [5.74, 6) is -0.226. The SMILES string of the molecule is CC1CCC(n2c(N)nc3ccc(F)c(F)c32)CC1C. The normalized spacial score (nSPS) is 27.1. The van der Waals surface area contributed by atoms with Crippen LogP contribution in [0.5, 0.6) is 0 Å². The molecule has 0 radical (unpaired) electrons. The average Bonchev–Trinajstić information content (AvgIpc) is 2.74. The van der Waals surface area contributed by atoms with Crippen LogP contribution in [0.3, 0.4) is 0 Å². The lowest BCUT2D eigenvalue weighted by molar-refractivity contribution is 0.214. The van der Waals surface area contributed by atoms with Crippen LogP contribution < -0.4 is 5.73 Å². The number of halogens is 2. The van der Waals surface area contributed by atoms with Crippen molar-refractivity contribution in [2.45, 2.75) is 39.2 Å². The molecule has 3 atom stereocenters. The number of rotatable bonds is 1. The second-order valence-electron chi connectivity index (χ2n) is 5.99. The van der Waals surface area contributed by atoms with E-state index in [1.165, 1.54) is 6.07 Å². The molecule has 1 aromatic carbocycles. The van der Waals surface area contributed by atoms with Crippen LogP contribution in [0.15, 0.2) is 12.1 Å². The standard InChI is InChI=1S/C15H19F2N3/c1-8-3-4-10(7-9(8)2)20-14-12(19-15(20)18)6-5-11(16)13(14)17/h5-6,8-10H,3-4,7H2,1-2H3,(H2,18,19). The topological polar surface area (TPSA) is 43.8 Å². The molecular weight excluding hydrogens is 260 g/mol. The predicted octanol–water partition coefficient (Wildman–Crippen LogP) is 3.89. The van der Waals surface area contributed by atoms with Gasteiger partial charge < -0.3 is 10.3 Å². The Bertz CT molecular complexity index is 650. The fourth-order valence-electron chi connectivity index (χ4n) is 3.26. The highest BCUT2D eigenvalue weighted by atomic mass is 19.2. The van der Waals surface area contributed by atoms with Crippen molar-refractivity contribution in [3.63, 3.8) is 0 Å². The largest absolute Gasteiger partial charge is 0.369 e. The fourth-order valence-corrected chi connectivity index (χ4v) is 3.26. The summed E-state index contributed by atoms with van der Waals surface area (Å²) in [6.07, 6.45) is 2.92. The van der Waals surface area contributed by atoms with Crippen LogP contribution in [0.1, 0.15) is 39.2 Å². The molecule has 1 aliphatic rings. The van der Waals surface area contributed by atoms with E-state index in [9.17, 15) is 8.78 Å². The fraction of sp³-hybridized carbons (Fsp3) is 0.533.